The van der Waals surface area contributed by atoms with Gasteiger partial charge in [0.1, 0.15) is 0 Å². The number of allylic oxidation sites excluding steroid dienone is 3. The number of methoxy groups -OCH3 is 2. The second-order valence-electron chi connectivity index (χ2n) is 9.28. The number of ketones is 1. The fourth-order valence-corrected chi connectivity index (χ4v) is 5.55. The van der Waals surface area contributed by atoms with Gasteiger partial charge in [0, 0.05) is 33.8 Å². The molecule has 1 heterocycles. The third kappa shape index (κ3) is 4.94. The molecule has 0 fully saturated rings. The molecule has 1 aliphatic carbocycles. The minimum Gasteiger partial charge on any atom is -0.493 e. The summed E-state index contributed by atoms with van der Waals surface area (Å²) in [5, 5.41) is 3.41. The first-order valence-corrected chi connectivity index (χ1v) is 13.0. The normalized spacial score (nSPS) is 20.4. The Balaban J connectivity index is 1.87. The van der Waals surface area contributed by atoms with Crippen LogP contribution in [0.3, 0.4) is 0 Å². The molecule has 1 N–H and O–H groups in total. The molecule has 0 amide bonds. The summed E-state index contributed by atoms with van der Waals surface area (Å²) in [6.07, 6.45) is 1.50. The van der Waals surface area contributed by atoms with Crippen molar-refractivity contribution >= 4 is 27.7 Å². The van der Waals surface area contributed by atoms with E-state index < -0.39 is 11.9 Å². The van der Waals surface area contributed by atoms with E-state index in [1.165, 1.54) is 0 Å². The lowest BCUT2D eigenvalue weighted by Crippen LogP contribution is -2.36. The number of benzene rings is 2. The summed E-state index contributed by atoms with van der Waals surface area (Å²) < 4.78 is 17.5. The van der Waals surface area contributed by atoms with Crippen LogP contribution < -0.4 is 14.8 Å². The molecule has 2 aliphatic rings. The van der Waals surface area contributed by atoms with Crippen molar-refractivity contribution in [3.63, 3.8) is 0 Å². The van der Waals surface area contributed by atoms with E-state index in [-0.39, 0.29) is 17.8 Å². The minimum atomic E-state index is -0.601. The van der Waals surface area contributed by atoms with Gasteiger partial charge in [-0.15, -0.1) is 0 Å². The lowest BCUT2D eigenvalue weighted by atomic mass is 9.71. The van der Waals surface area contributed by atoms with E-state index in [9.17, 15) is 9.59 Å². The van der Waals surface area contributed by atoms with Crippen molar-refractivity contribution < 1.29 is 23.8 Å². The van der Waals surface area contributed by atoms with Crippen LogP contribution in [0.1, 0.15) is 63.0 Å². The summed E-state index contributed by atoms with van der Waals surface area (Å²) in [4.78, 5) is 27.3. The van der Waals surface area contributed by atoms with Gasteiger partial charge in [0.2, 0.25) is 0 Å². The second-order valence-corrected chi connectivity index (χ2v) is 10.1. The molecule has 0 unspecified atom stereocenters. The van der Waals surface area contributed by atoms with E-state index in [0.717, 1.165) is 21.3 Å². The van der Waals surface area contributed by atoms with Crippen molar-refractivity contribution in [3.8, 4) is 11.5 Å². The highest BCUT2D eigenvalue weighted by Gasteiger charge is 2.42. The van der Waals surface area contributed by atoms with Gasteiger partial charge in [-0.2, -0.15) is 0 Å². The number of carbonyl (C=O) groups is 2. The van der Waals surface area contributed by atoms with Gasteiger partial charge in [0.15, 0.2) is 17.3 Å². The van der Waals surface area contributed by atoms with E-state index >= 15 is 0 Å². The Hall–Kier alpha value is -3.06. The zero-order valence-electron chi connectivity index (χ0n) is 21.3. The molecule has 36 heavy (non-hydrogen) atoms. The molecule has 0 bridgehead atoms. The lowest BCUT2D eigenvalue weighted by Gasteiger charge is -2.37. The van der Waals surface area contributed by atoms with Gasteiger partial charge in [-0.25, -0.2) is 4.79 Å². The number of dihydropyridines is 1. The first-order valence-electron chi connectivity index (χ1n) is 12.2. The predicted octanol–water partition coefficient (Wildman–Crippen LogP) is 6.17. The molecule has 3 atom stereocenters. The van der Waals surface area contributed by atoms with Crippen LogP contribution in [0.25, 0.3) is 0 Å². The molecule has 4 rings (SSSR count). The Morgan fingerprint density at radius 1 is 1.11 bits per heavy atom. The third-order valence-corrected chi connectivity index (χ3v) is 7.70. The number of nitrogens with one attached hydrogen (secondary N) is 1. The van der Waals surface area contributed by atoms with Gasteiger partial charge in [-0.3, -0.25) is 4.79 Å². The highest BCUT2D eigenvalue weighted by atomic mass is 79.9. The molecule has 0 saturated heterocycles. The zero-order valence-corrected chi connectivity index (χ0v) is 22.9. The Labute approximate surface area is 220 Å². The number of Topliss-reactive ketones (excluding diaryl/α,β-unsaturated/α-hetero) is 1. The summed E-state index contributed by atoms with van der Waals surface area (Å²) in [7, 11) is 3.14. The zero-order chi connectivity index (χ0) is 26.0. The maximum absolute atomic E-state index is 13.8. The largest absolute Gasteiger partial charge is 0.493 e. The minimum absolute atomic E-state index is 0.0191. The summed E-state index contributed by atoms with van der Waals surface area (Å²) in [6.45, 7) is 5.71. The molecule has 6 nitrogen and oxygen atoms in total. The molecule has 0 aromatic heterocycles. The maximum Gasteiger partial charge on any atom is 0.337 e. The van der Waals surface area contributed by atoms with Crippen LogP contribution in [-0.2, 0) is 14.3 Å². The summed E-state index contributed by atoms with van der Waals surface area (Å²) in [5.74, 6) is 0.141. The second kappa shape index (κ2) is 10.9. The Morgan fingerprint density at radius 2 is 1.78 bits per heavy atom. The number of rotatable bonds is 7. The van der Waals surface area contributed by atoms with Crippen LogP contribution in [0.2, 0.25) is 0 Å². The molecule has 7 heteroatoms. The van der Waals surface area contributed by atoms with Crippen molar-refractivity contribution in [2.45, 2.75) is 58.0 Å². The average Bonchev–Trinajstić information content (AvgIpc) is 2.87. The number of hydrogen-bond donors (Lipinski definition) is 1. The number of esters is 1. The van der Waals surface area contributed by atoms with Crippen LogP contribution >= 0.6 is 15.9 Å². The van der Waals surface area contributed by atoms with E-state index in [0.29, 0.717) is 47.6 Å². The highest BCUT2D eigenvalue weighted by Crippen LogP contribution is 2.49. The molecule has 2 aromatic carbocycles. The molecule has 0 spiro atoms. The van der Waals surface area contributed by atoms with Gasteiger partial charge in [-0.1, -0.05) is 53.2 Å². The molecule has 0 radical (unpaired) electrons. The van der Waals surface area contributed by atoms with Gasteiger partial charge < -0.3 is 19.5 Å². The van der Waals surface area contributed by atoms with E-state index in [2.05, 4.69) is 33.4 Å². The SMILES string of the molecule is CC[C@H](C)OC(=O)C1=C(C)NC2=C(C(=O)C[C@@H](c3ccccc3)C2)[C@@H]1c1cc(OC)c(OC)cc1Br. The third-order valence-electron chi connectivity index (χ3n) is 7.02. The van der Waals surface area contributed by atoms with Gasteiger partial charge in [0.25, 0.3) is 0 Å². The molecule has 190 valence electrons. The smallest absolute Gasteiger partial charge is 0.337 e. The van der Waals surface area contributed by atoms with E-state index in [1.807, 2.05) is 51.1 Å². The highest BCUT2D eigenvalue weighted by molar-refractivity contribution is 9.10. The van der Waals surface area contributed by atoms with Crippen molar-refractivity contribution in [2.24, 2.45) is 0 Å². The molecular formula is C29H32BrNO5. The van der Waals surface area contributed by atoms with Gasteiger partial charge in [-0.05, 0) is 55.9 Å². The van der Waals surface area contributed by atoms with Crippen LogP contribution in [0.5, 0.6) is 11.5 Å². The predicted molar refractivity (Wildman–Crippen MR) is 142 cm³/mol. The summed E-state index contributed by atoms with van der Waals surface area (Å²) in [6, 6.07) is 13.7. The fourth-order valence-electron chi connectivity index (χ4n) is 5.00. The Morgan fingerprint density at radius 3 is 2.42 bits per heavy atom. The lowest BCUT2D eigenvalue weighted by molar-refractivity contribution is -0.144. The van der Waals surface area contributed by atoms with Crippen molar-refractivity contribution in [2.75, 3.05) is 14.2 Å². The monoisotopic (exact) mass is 553 g/mol. The fraction of sp³-hybridized carbons (Fsp3) is 0.379. The number of ether oxygens (including phenoxy) is 3. The van der Waals surface area contributed by atoms with Crippen LogP contribution in [0.15, 0.2) is 69.5 Å². The van der Waals surface area contributed by atoms with Crippen molar-refractivity contribution in [1.82, 2.24) is 5.32 Å². The van der Waals surface area contributed by atoms with Gasteiger partial charge >= 0.3 is 5.97 Å². The standard InChI is InChI=1S/C29H32BrNO5/c1-6-16(2)36-29(33)26-17(3)31-22-12-19(18-10-8-7-9-11-18)13-23(32)28(22)27(26)20-14-24(34-4)25(35-5)15-21(20)30/h7-11,14-16,19,27,31H,6,12-13H2,1-5H3/t16-,19-,27+/m0/s1. The molecule has 0 saturated carbocycles. The molecule has 2 aromatic rings. The van der Waals surface area contributed by atoms with Crippen LogP contribution in [0, 0.1) is 0 Å². The number of hydrogen-bond acceptors (Lipinski definition) is 6. The summed E-state index contributed by atoms with van der Waals surface area (Å²) in [5.41, 5.74) is 4.47. The quantitative estimate of drug-likeness (QED) is 0.413. The Kier molecular flexibility index (Phi) is 7.88. The first-order chi connectivity index (χ1) is 17.3. The maximum atomic E-state index is 13.8. The van der Waals surface area contributed by atoms with Crippen LogP contribution in [0.4, 0.5) is 0 Å². The molecular weight excluding hydrogens is 522 g/mol. The van der Waals surface area contributed by atoms with Gasteiger partial charge in [0.05, 0.1) is 25.9 Å². The Bertz CT molecular complexity index is 1230. The van der Waals surface area contributed by atoms with Crippen molar-refractivity contribution in [3.05, 3.63) is 80.6 Å². The number of carbonyl (C=O) groups excluding carboxylic acids is 2. The topological polar surface area (TPSA) is 73.9 Å². The average molecular weight is 554 g/mol. The van der Waals surface area contributed by atoms with Crippen LogP contribution in [-0.4, -0.2) is 32.1 Å². The summed E-state index contributed by atoms with van der Waals surface area (Å²) >= 11 is 3.67. The van der Waals surface area contributed by atoms with Crippen molar-refractivity contribution in [1.29, 1.82) is 0 Å². The van der Waals surface area contributed by atoms with E-state index in [4.69, 9.17) is 14.2 Å². The number of halogens is 1. The van der Waals surface area contributed by atoms with E-state index in [1.54, 1.807) is 14.2 Å². The first kappa shape index (κ1) is 26.0. The molecule has 1 aliphatic heterocycles.